The van der Waals surface area contributed by atoms with Crippen LogP contribution >= 0.6 is 0 Å². The molecule has 1 N–H and O–H groups in total. The highest BCUT2D eigenvalue weighted by Gasteiger charge is 2.07. The summed E-state index contributed by atoms with van der Waals surface area (Å²) >= 11 is 0. The fraction of sp³-hybridized carbons (Fsp3) is 0.417. The third-order valence-electron chi connectivity index (χ3n) is 2.23. The molecule has 3 heteroatoms. The van der Waals surface area contributed by atoms with E-state index in [0.29, 0.717) is 12.8 Å². The number of halogens is 1. The van der Waals surface area contributed by atoms with Gasteiger partial charge in [0, 0.05) is 12.8 Å². The summed E-state index contributed by atoms with van der Waals surface area (Å²) in [5.41, 5.74) is 1.85. The Balaban J connectivity index is 2.72. The van der Waals surface area contributed by atoms with Gasteiger partial charge in [0.1, 0.15) is 6.17 Å². The lowest BCUT2D eigenvalue weighted by atomic mass is 9.99. The zero-order valence-electron chi connectivity index (χ0n) is 8.74. The molecule has 0 fully saturated rings. The molecule has 0 bridgehead atoms. The summed E-state index contributed by atoms with van der Waals surface area (Å²) in [6.45, 7) is 1.51. The predicted octanol–water partition coefficient (Wildman–Crippen LogP) is 2.60. The average Bonchev–Trinajstić information content (AvgIpc) is 2.15. The fourth-order valence-corrected chi connectivity index (χ4v) is 1.55. The molecule has 1 rings (SSSR count). The summed E-state index contributed by atoms with van der Waals surface area (Å²) in [5, 5.41) is 8.57. The summed E-state index contributed by atoms with van der Waals surface area (Å²) in [7, 11) is 0. The number of carboxylic acids is 1. The first kappa shape index (κ1) is 11.7. The first-order valence-electron chi connectivity index (χ1n) is 5.02. The molecule has 0 saturated carbocycles. The van der Waals surface area contributed by atoms with Crippen LogP contribution in [0, 0.1) is 0 Å². The molecule has 0 heterocycles. The van der Waals surface area contributed by atoms with Crippen LogP contribution in [-0.2, 0) is 17.6 Å². The first-order chi connectivity index (χ1) is 7.09. The minimum atomic E-state index is -0.893. The van der Waals surface area contributed by atoms with Gasteiger partial charge in [-0.25, -0.2) is 4.39 Å². The van der Waals surface area contributed by atoms with Crippen molar-refractivity contribution in [3.05, 3.63) is 35.4 Å². The summed E-state index contributed by atoms with van der Waals surface area (Å²) in [4.78, 5) is 10.4. The van der Waals surface area contributed by atoms with Gasteiger partial charge in [-0.1, -0.05) is 24.3 Å². The van der Waals surface area contributed by atoms with Gasteiger partial charge in [0.05, 0.1) is 0 Å². The van der Waals surface area contributed by atoms with Crippen LogP contribution in [0.1, 0.15) is 24.5 Å². The average molecular weight is 210 g/mol. The summed E-state index contributed by atoms with van der Waals surface area (Å²) in [5.74, 6) is -0.821. The summed E-state index contributed by atoms with van der Waals surface area (Å²) in [6, 6.07) is 7.42. The van der Waals surface area contributed by atoms with E-state index in [4.69, 9.17) is 5.11 Å². The second-order valence-corrected chi connectivity index (χ2v) is 3.65. The van der Waals surface area contributed by atoms with E-state index in [2.05, 4.69) is 0 Å². The van der Waals surface area contributed by atoms with E-state index >= 15 is 0 Å². The van der Waals surface area contributed by atoms with Crippen molar-refractivity contribution in [1.82, 2.24) is 0 Å². The Bertz CT molecular complexity index is 334. The first-order valence-corrected chi connectivity index (χ1v) is 5.02. The number of hydrogen-bond donors (Lipinski definition) is 1. The molecular formula is C12H15FO2. The van der Waals surface area contributed by atoms with Crippen LogP contribution in [0.25, 0.3) is 0 Å². The molecule has 0 aliphatic rings. The normalized spacial score (nSPS) is 12.4. The molecule has 0 radical (unpaired) electrons. The van der Waals surface area contributed by atoms with Gasteiger partial charge in [0.15, 0.2) is 0 Å². The number of carboxylic acid groups (broad SMARTS) is 1. The van der Waals surface area contributed by atoms with Crippen molar-refractivity contribution in [3.8, 4) is 0 Å². The van der Waals surface area contributed by atoms with Crippen molar-refractivity contribution in [3.63, 3.8) is 0 Å². The van der Waals surface area contributed by atoms with Gasteiger partial charge in [-0.3, -0.25) is 4.79 Å². The molecule has 15 heavy (non-hydrogen) atoms. The highest BCUT2D eigenvalue weighted by Crippen LogP contribution is 2.14. The topological polar surface area (TPSA) is 37.3 Å². The van der Waals surface area contributed by atoms with E-state index in [1.54, 1.807) is 0 Å². The van der Waals surface area contributed by atoms with Crippen molar-refractivity contribution in [1.29, 1.82) is 0 Å². The molecule has 2 nitrogen and oxygen atoms in total. The van der Waals surface area contributed by atoms with Gasteiger partial charge in [-0.2, -0.15) is 0 Å². The Morgan fingerprint density at radius 1 is 1.40 bits per heavy atom. The SMILES string of the molecule is CC(F)Cc1ccccc1CCC(=O)O. The number of rotatable bonds is 5. The molecule has 0 saturated heterocycles. The zero-order chi connectivity index (χ0) is 11.3. The van der Waals surface area contributed by atoms with Crippen LogP contribution in [0.5, 0.6) is 0 Å². The Labute approximate surface area is 88.7 Å². The number of hydrogen-bond acceptors (Lipinski definition) is 1. The predicted molar refractivity (Wildman–Crippen MR) is 56.7 cm³/mol. The molecule has 1 aromatic carbocycles. The highest BCUT2D eigenvalue weighted by molar-refractivity contribution is 5.67. The molecule has 82 valence electrons. The van der Waals surface area contributed by atoms with Crippen molar-refractivity contribution in [2.75, 3.05) is 0 Å². The van der Waals surface area contributed by atoms with Crippen molar-refractivity contribution in [2.24, 2.45) is 0 Å². The quantitative estimate of drug-likeness (QED) is 0.811. The number of aliphatic carboxylic acids is 1. The summed E-state index contributed by atoms with van der Waals surface area (Å²) < 4.78 is 12.8. The highest BCUT2D eigenvalue weighted by atomic mass is 19.1. The van der Waals surface area contributed by atoms with Gasteiger partial charge in [0.2, 0.25) is 0 Å². The van der Waals surface area contributed by atoms with Crippen molar-refractivity contribution < 1.29 is 14.3 Å². The third-order valence-corrected chi connectivity index (χ3v) is 2.23. The van der Waals surface area contributed by atoms with E-state index in [1.165, 1.54) is 6.92 Å². The van der Waals surface area contributed by atoms with Gasteiger partial charge < -0.3 is 5.11 Å². The van der Waals surface area contributed by atoms with Crippen LogP contribution in [0.2, 0.25) is 0 Å². The minimum absolute atomic E-state index is 0.0949. The Kier molecular flexibility index (Phi) is 4.28. The number of carbonyl (C=O) groups is 1. The van der Waals surface area contributed by atoms with Gasteiger partial charge >= 0.3 is 5.97 Å². The maximum absolute atomic E-state index is 12.8. The van der Waals surface area contributed by atoms with E-state index in [-0.39, 0.29) is 6.42 Å². The smallest absolute Gasteiger partial charge is 0.303 e. The number of aryl methyl sites for hydroxylation is 1. The lowest BCUT2D eigenvalue weighted by Crippen LogP contribution is -2.04. The number of benzene rings is 1. The molecular weight excluding hydrogens is 195 g/mol. The van der Waals surface area contributed by atoms with Crippen LogP contribution in [0.4, 0.5) is 4.39 Å². The lowest BCUT2D eigenvalue weighted by Gasteiger charge is -2.08. The Morgan fingerprint density at radius 2 is 2.00 bits per heavy atom. The minimum Gasteiger partial charge on any atom is -0.481 e. The van der Waals surface area contributed by atoms with Crippen LogP contribution < -0.4 is 0 Å². The van der Waals surface area contributed by atoms with Gasteiger partial charge in [-0.05, 0) is 24.5 Å². The van der Waals surface area contributed by atoms with Crippen LogP contribution in [0.3, 0.4) is 0 Å². The zero-order valence-corrected chi connectivity index (χ0v) is 8.74. The Hall–Kier alpha value is -1.38. The maximum atomic E-state index is 12.8. The second kappa shape index (κ2) is 5.49. The van der Waals surface area contributed by atoms with Crippen molar-refractivity contribution in [2.45, 2.75) is 32.4 Å². The van der Waals surface area contributed by atoms with Crippen LogP contribution in [0.15, 0.2) is 24.3 Å². The molecule has 0 aliphatic carbocycles. The van der Waals surface area contributed by atoms with Gasteiger partial charge in [-0.15, -0.1) is 0 Å². The molecule has 0 spiro atoms. The van der Waals surface area contributed by atoms with E-state index in [0.717, 1.165) is 11.1 Å². The molecule has 0 aliphatic heterocycles. The van der Waals surface area contributed by atoms with E-state index in [9.17, 15) is 9.18 Å². The summed E-state index contributed by atoms with van der Waals surface area (Å²) in [6.07, 6.45) is 0.0297. The largest absolute Gasteiger partial charge is 0.481 e. The second-order valence-electron chi connectivity index (χ2n) is 3.65. The van der Waals surface area contributed by atoms with Gasteiger partial charge in [0.25, 0.3) is 0 Å². The molecule has 1 aromatic rings. The van der Waals surface area contributed by atoms with E-state index in [1.807, 2.05) is 24.3 Å². The van der Waals surface area contributed by atoms with Crippen LogP contribution in [-0.4, -0.2) is 17.2 Å². The van der Waals surface area contributed by atoms with Crippen molar-refractivity contribution >= 4 is 5.97 Å². The third kappa shape index (κ3) is 4.11. The molecule has 1 atom stereocenters. The van der Waals surface area contributed by atoms with E-state index < -0.39 is 12.1 Å². The molecule has 0 amide bonds. The maximum Gasteiger partial charge on any atom is 0.303 e. The number of alkyl halides is 1. The standard InChI is InChI=1S/C12H15FO2/c1-9(13)8-11-5-3-2-4-10(11)6-7-12(14)15/h2-5,9H,6-8H2,1H3,(H,14,15). The lowest BCUT2D eigenvalue weighted by molar-refractivity contribution is -0.136. The monoisotopic (exact) mass is 210 g/mol. The Morgan fingerprint density at radius 3 is 2.53 bits per heavy atom. The molecule has 1 unspecified atom stereocenters. The molecule has 0 aromatic heterocycles. The fourth-order valence-electron chi connectivity index (χ4n) is 1.55.